The number of nitrogens with one attached hydrogen (secondary N) is 1. The molecule has 1 aliphatic heterocycles. The van der Waals surface area contributed by atoms with Crippen LogP contribution in [0.2, 0.25) is 0 Å². The molecule has 150 valence electrons. The molecule has 1 fully saturated rings. The maximum atomic E-state index is 12.5. The van der Waals surface area contributed by atoms with Crippen molar-refractivity contribution in [1.29, 1.82) is 0 Å². The Balaban J connectivity index is 1.95. The van der Waals surface area contributed by atoms with Crippen LogP contribution >= 0.6 is 0 Å². The van der Waals surface area contributed by atoms with Crippen LogP contribution in [0.1, 0.15) is 60.0 Å². The molecule has 1 amide bonds. The number of hydrogen-bond acceptors (Lipinski definition) is 4. The summed E-state index contributed by atoms with van der Waals surface area (Å²) in [5, 5.41) is 5.19. The molecule has 1 saturated heterocycles. The van der Waals surface area contributed by atoms with Crippen LogP contribution in [0.25, 0.3) is 10.8 Å². The van der Waals surface area contributed by atoms with E-state index < -0.39 is 36.0 Å². The van der Waals surface area contributed by atoms with Crippen molar-refractivity contribution >= 4 is 24.0 Å². The number of benzene rings is 2. The average molecular weight is 383 g/mol. The molecule has 1 N–H and O–H groups in total. The molecule has 1 atom stereocenters. The van der Waals surface area contributed by atoms with E-state index >= 15 is 0 Å². The second kappa shape index (κ2) is 7.09. The molecule has 6 heteroatoms. The normalized spacial score (nSPS) is 19.5. The molecule has 2 aromatic carbocycles. The van der Waals surface area contributed by atoms with E-state index in [0.717, 1.165) is 16.3 Å². The Bertz CT molecular complexity index is 856. The molecular formula is C22H30BNO4. The van der Waals surface area contributed by atoms with Gasteiger partial charge in [-0.05, 0) is 70.9 Å². The molecule has 0 radical (unpaired) electrons. The van der Waals surface area contributed by atoms with E-state index in [1.54, 1.807) is 0 Å². The van der Waals surface area contributed by atoms with Gasteiger partial charge in [-0.3, -0.25) is 0 Å². The van der Waals surface area contributed by atoms with Crippen LogP contribution < -0.4 is 5.32 Å². The Hall–Kier alpha value is -2.05. The van der Waals surface area contributed by atoms with Gasteiger partial charge in [0.1, 0.15) is 5.60 Å². The van der Waals surface area contributed by atoms with E-state index in [9.17, 15) is 4.79 Å². The lowest BCUT2D eigenvalue weighted by Crippen LogP contribution is -2.43. The van der Waals surface area contributed by atoms with Crippen LogP contribution in [-0.2, 0) is 14.0 Å². The van der Waals surface area contributed by atoms with Crippen LogP contribution in [0, 0.1) is 0 Å². The molecule has 2 aromatic rings. The van der Waals surface area contributed by atoms with Gasteiger partial charge in [-0.15, -0.1) is 0 Å². The summed E-state index contributed by atoms with van der Waals surface area (Å²) in [4.78, 5) is 12.5. The first-order chi connectivity index (χ1) is 12.9. The number of hydrogen-bond donors (Lipinski definition) is 1. The van der Waals surface area contributed by atoms with Gasteiger partial charge in [-0.2, -0.15) is 0 Å². The van der Waals surface area contributed by atoms with Gasteiger partial charge >= 0.3 is 13.2 Å². The SMILES string of the molecule is CC(C)(C)OC(=O)N[C@@H](B1OC(C)(C)C(C)(C)O1)c1ccc2ccccc2c1. The van der Waals surface area contributed by atoms with Gasteiger partial charge in [0, 0.05) is 0 Å². The van der Waals surface area contributed by atoms with Gasteiger partial charge in [-0.25, -0.2) is 4.79 Å². The smallest absolute Gasteiger partial charge is 0.444 e. The monoisotopic (exact) mass is 383 g/mol. The van der Waals surface area contributed by atoms with Crippen LogP contribution in [-0.4, -0.2) is 30.0 Å². The maximum Gasteiger partial charge on any atom is 0.486 e. The van der Waals surface area contributed by atoms with Gasteiger partial charge in [0.05, 0.1) is 17.1 Å². The fourth-order valence-corrected chi connectivity index (χ4v) is 3.17. The van der Waals surface area contributed by atoms with Crippen molar-refractivity contribution in [3.8, 4) is 0 Å². The van der Waals surface area contributed by atoms with Gasteiger partial charge in [0.2, 0.25) is 0 Å². The number of amides is 1. The first-order valence-corrected chi connectivity index (χ1v) is 9.72. The minimum atomic E-state index is -0.626. The molecule has 0 saturated carbocycles. The lowest BCUT2D eigenvalue weighted by atomic mass is 9.74. The van der Waals surface area contributed by atoms with Crippen LogP contribution in [0.4, 0.5) is 4.79 Å². The van der Waals surface area contributed by atoms with E-state index in [2.05, 4.69) is 17.4 Å². The number of ether oxygens (including phenoxy) is 1. The maximum absolute atomic E-state index is 12.5. The number of carbonyl (C=O) groups is 1. The Morgan fingerprint density at radius 1 is 1.00 bits per heavy atom. The van der Waals surface area contributed by atoms with E-state index in [1.165, 1.54) is 0 Å². The highest BCUT2D eigenvalue weighted by Crippen LogP contribution is 2.40. The van der Waals surface area contributed by atoms with E-state index in [1.807, 2.05) is 78.8 Å². The van der Waals surface area contributed by atoms with Crippen molar-refractivity contribution in [3.63, 3.8) is 0 Å². The number of carbonyl (C=O) groups excluding carboxylic acids is 1. The third kappa shape index (κ3) is 4.34. The van der Waals surface area contributed by atoms with E-state index in [-0.39, 0.29) is 0 Å². The van der Waals surface area contributed by atoms with Crippen LogP contribution in [0.3, 0.4) is 0 Å². The van der Waals surface area contributed by atoms with Crippen molar-refractivity contribution in [2.45, 2.75) is 71.2 Å². The second-order valence-corrected chi connectivity index (χ2v) is 9.36. The first kappa shape index (κ1) is 20.7. The third-order valence-corrected chi connectivity index (χ3v) is 5.35. The van der Waals surface area contributed by atoms with Crippen LogP contribution in [0.15, 0.2) is 42.5 Å². The van der Waals surface area contributed by atoms with Gasteiger partial charge in [-0.1, -0.05) is 36.4 Å². The highest BCUT2D eigenvalue weighted by molar-refractivity contribution is 6.47. The van der Waals surface area contributed by atoms with Crippen molar-refractivity contribution in [3.05, 3.63) is 48.0 Å². The number of fused-ring (bicyclic) bond motifs is 1. The van der Waals surface area contributed by atoms with Crippen molar-refractivity contribution in [2.24, 2.45) is 0 Å². The molecular weight excluding hydrogens is 353 g/mol. The minimum Gasteiger partial charge on any atom is -0.444 e. The fourth-order valence-electron chi connectivity index (χ4n) is 3.17. The molecule has 0 spiro atoms. The number of alkyl carbamates (subject to hydrolysis) is 1. The van der Waals surface area contributed by atoms with E-state index in [4.69, 9.17) is 14.0 Å². The predicted molar refractivity (Wildman–Crippen MR) is 112 cm³/mol. The third-order valence-electron chi connectivity index (χ3n) is 5.35. The van der Waals surface area contributed by atoms with E-state index in [0.29, 0.717) is 0 Å². The lowest BCUT2D eigenvalue weighted by molar-refractivity contribution is 0.00578. The second-order valence-electron chi connectivity index (χ2n) is 9.36. The Kier molecular flexibility index (Phi) is 5.23. The molecule has 0 unspecified atom stereocenters. The summed E-state index contributed by atoms with van der Waals surface area (Å²) in [5.41, 5.74) is -0.679. The standard InChI is InChI=1S/C22H30BNO4/c1-20(2,3)26-19(25)24-18(23-27-21(4,5)22(6,7)28-23)17-13-12-15-10-8-9-11-16(15)14-17/h8-14,18H,1-7H3,(H,24,25)/t18-/m1/s1. The summed E-state index contributed by atoms with van der Waals surface area (Å²) in [6.07, 6.45) is -0.500. The zero-order valence-electron chi connectivity index (χ0n) is 17.8. The quantitative estimate of drug-likeness (QED) is 0.755. The van der Waals surface area contributed by atoms with Gasteiger partial charge in [0.25, 0.3) is 0 Å². The Labute approximate surface area is 167 Å². The molecule has 5 nitrogen and oxygen atoms in total. The molecule has 0 aliphatic carbocycles. The van der Waals surface area contributed by atoms with Crippen molar-refractivity contribution in [2.75, 3.05) is 0 Å². The molecule has 0 bridgehead atoms. The molecule has 0 aromatic heterocycles. The fraction of sp³-hybridized carbons (Fsp3) is 0.500. The number of rotatable bonds is 3. The summed E-state index contributed by atoms with van der Waals surface area (Å²) in [6, 6.07) is 14.2. The van der Waals surface area contributed by atoms with Crippen LogP contribution in [0.5, 0.6) is 0 Å². The summed E-state index contributed by atoms with van der Waals surface area (Å²) in [6.45, 7) is 13.5. The van der Waals surface area contributed by atoms with Crippen molar-refractivity contribution < 1.29 is 18.8 Å². The molecule has 3 rings (SSSR count). The summed E-state index contributed by atoms with van der Waals surface area (Å²) in [5.74, 6) is -0.500. The predicted octanol–water partition coefficient (Wildman–Crippen LogP) is 5.04. The minimum absolute atomic E-state index is 0.498. The highest BCUT2D eigenvalue weighted by Gasteiger charge is 2.54. The largest absolute Gasteiger partial charge is 0.486 e. The highest BCUT2D eigenvalue weighted by atomic mass is 16.7. The lowest BCUT2D eigenvalue weighted by Gasteiger charge is -2.32. The zero-order valence-corrected chi connectivity index (χ0v) is 17.8. The summed E-state index contributed by atoms with van der Waals surface area (Å²) in [7, 11) is -0.626. The summed E-state index contributed by atoms with van der Waals surface area (Å²) < 4.78 is 17.9. The summed E-state index contributed by atoms with van der Waals surface area (Å²) >= 11 is 0. The molecule has 1 heterocycles. The van der Waals surface area contributed by atoms with Gasteiger partial charge < -0.3 is 19.4 Å². The first-order valence-electron chi connectivity index (χ1n) is 9.72. The van der Waals surface area contributed by atoms with Gasteiger partial charge in [0.15, 0.2) is 0 Å². The average Bonchev–Trinajstić information content (AvgIpc) is 2.78. The topological polar surface area (TPSA) is 56.8 Å². The zero-order chi connectivity index (χ0) is 20.7. The Morgan fingerprint density at radius 2 is 1.57 bits per heavy atom. The molecule has 1 aliphatic rings. The Morgan fingerprint density at radius 3 is 2.14 bits per heavy atom. The molecule has 28 heavy (non-hydrogen) atoms. The van der Waals surface area contributed by atoms with Crippen molar-refractivity contribution in [1.82, 2.24) is 5.32 Å².